The number of carbonyl (C=O) groups excluding carboxylic acids is 3. The van der Waals surface area contributed by atoms with Gasteiger partial charge in [-0.3, -0.25) is 14.5 Å². The highest BCUT2D eigenvalue weighted by Crippen LogP contribution is 2.08. The van der Waals surface area contributed by atoms with Crippen molar-refractivity contribution in [2.24, 2.45) is 0 Å². The summed E-state index contributed by atoms with van der Waals surface area (Å²) >= 11 is 0. The molecule has 1 rings (SSSR count). The fraction of sp³-hybridized carbons (Fsp3) is 0.667. The van der Waals surface area contributed by atoms with Gasteiger partial charge in [0.2, 0.25) is 0 Å². The third kappa shape index (κ3) is 3.23. The molecule has 1 aliphatic rings. The minimum Gasteiger partial charge on any atom is -0.459 e. The van der Waals surface area contributed by atoms with Crippen molar-refractivity contribution >= 4 is 17.9 Å². The predicted octanol–water partition coefficient (Wildman–Crippen LogP) is -0.120. The Balaban J connectivity index is 2.51. The number of esters is 1. The molecule has 1 N–H and O–H groups in total. The zero-order valence-corrected chi connectivity index (χ0v) is 8.99. The molecule has 0 saturated carbocycles. The average molecular weight is 214 g/mol. The van der Waals surface area contributed by atoms with Crippen molar-refractivity contribution in [3.8, 4) is 0 Å². The molecule has 1 aliphatic heterocycles. The van der Waals surface area contributed by atoms with E-state index in [9.17, 15) is 14.4 Å². The van der Waals surface area contributed by atoms with Gasteiger partial charge in [-0.25, -0.2) is 4.79 Å². The third-order valence-corrected chi connectivity index (χ3v) is 1.64. The summed E-state index contributed by atoms with van der Waals surface area (Å²) in [5.74, 6) is -1.00. The molecule has 6 nitrogen and oxygen atoms in total. The summed E-state index contributed by atoms with van der Waals surface area (Å²) < 4.78 is 4.98. The third-order valence-electron chi connectivity index (χ3n) is 1.64. The van der Waals surface area contributed by atoms with Crippen molar-refractivity contribution in [2.45, 2.75) is 26.4 Å². The fourth-order valence-corrected chi connectivity index (χ4v) is 1.12. The van der Waals surface area contributed by atoms with Crippen LogP contribution in [0.2, 0.25) is 0 Å². The minimum absolute atomic E-state index is 0.0539. The lowest BCUT2D eigenvalue weighted by Gasteiger charge is -2.21. The highest BCUT2D eigenvalue weighted by molar-refractivity contribution is 6.04. The molecule has 6 heteroatoms. The van der Waals surface area contributed by atoms with Crippen LogP contribution in [0.1, 0.15) is 20.8 Å². The van der Waals surface area contributed by atoms with Crippen molar-refractivity contribution < 1.29 is 19.1 Å². The Labute approximate surface area is 87.6 Å². The zero-order valence-electron chi connectivity index (χ0n) is 8.99. The lowest BCUT2D eigenvalue weighted by Crippen LogP contribution is -2.38. The van der Waals surface area contributed by atoms with E-state index in [1.165, 1.54) is 0 Å². The van der Waals surface area contributed by atoms with Crippen LogP contribution in [0.3, 0.4) is 0 Å². The number of nitrogens with zero attached hydrogens (tertiary/aromatic N) is 1. The van der Waals surface area contributed by atoms with E-state index in [1.807, 2.05) is 0 Å². The van der Waals surface area contributed by atoms with Crippen molar-refractivity contribution in [3.63, 3.8) is 0 Å². The van der Waals surface area contributed by atoms with Gasteiger partial charge in [0.05, 0.1) is 6.54 Å². The summed E-state index contributed by atoms with van der Waals surface area (Å²) in [6, 6.07) is -0.550. The number of hydrogen-bond donors (Lipinski definition) is 1. The maximum absolute atomic E-state index is 11.3. The van der Waals surface area contributed by atoms with Crippen LogP contribution < -0.4 is 5.32 Å². The number of amides is 3. The molecule has 1 saturated heterocycles. The van der Waals surface area contributed by atoms with Crippen LogP contribution in [0.5, 0.6) is 0 Å². The molecule has 1 fully saturated rings. The fourth-order valence-electron chi connectivity index (χ4n) is 1.12. The molecular weight excluding hydrogens is 200 g/mol. The van der Waals surface area contributed by atoms with Crippen molar-refractivity contribution in [1.29, 1.82) is 0 Å². The van der Waals surface area contributed by atoms with E-state index >= 15 is 0 Å². The summed E-state index contributed by atoms with van der Waals surface area (Å²) in [6.45, 7) is 4.77. The van der Waals surface area contributed by atoms with E-state index < -0.39 is 23.5 Å². The number of nitrogens with one attached hydrogen (secondary N) is 1. The number of carbonyl (C=O) groups is 3. The largest absolute Gasteiger partial charge is 0.459 e. The normalized spacial score (nSPS) is 16.6. The maximum atomic E-state index is 11.3. The second kappa shape index (κ2) is 3.88. The van der Waals surface area contributed by atoms with Crippen LogP contribution in [-0.2, 0) is 14.3 Å². The molecule has 0 spiro atoms. The Morgan fingerprint density at radius 2 is 2.07 bits per heavy atom. The Morgan fingerprint density at radius 1 is 1.47 bits per heavy atom. The van der Waals surface area contributed by atoms with Gasteiger partial charge in [0.15, 0.2) is 0 Å². The topological polar surface area (TPSA) is 75.7 Å². The zero-order chi connectivity index (χ0) is 11.6. The first-order valence-corrected chi connectivity index (χ1v) is 4.59. The van der Waals surface area contributed by atoms with Crippen LogP contribution in [-0.4, -0.2) is 41.5 Å². The Bertz CT molecular complexity index is 290. The molecular formula is C9H14N2O4. The number of rotatable bonds is 2. The molecule has 0 unspecified atom stereocenters. The molecule has 84 valence electrons. The average Bonchev–Trinajstić information content (AvgIpc) is 2.32. The second-order valence-electron chi connectivity index (χ2n) is 4.23. The van der Waals surface area contributed by atoms with Crippen LogP contribution in [0, 0.1) is 0 Å². The molecule has 0 aromatic carbocycles. The van der Waals surface area contributed by atoms with Crippen LogP contribution in [0.4, 0.5) is 4.79 Å². The summed E-state index contributed by atoms with van der Waals surface area (Å²) in [5.41, 5.74) is -0.615. The summed E-state index contributed by atoms with van der Waals surface area (Å²) in [6.07, 6.45) is 0. The van der Waals surface area contributed by atoms with E-state index in [1.54, 1.807) is 20.8 Å². The quantitative estimate of drug-likeness (QED) is 0.513. The monoisotopic (exact) mass is 214 g/mol. The number of hydrogen-bond acceptors (Lipinski definition) is 4. The predicted molar refractivity (Wildman–Crippen MR) is 51.0 cm³/mol. The maximum Gasteiger partial charge on any atom is 0.326 e. The lowest BCUT2D eigenvalue weighted by atomic mass is 10.2. The van der Waals surface area contributed by atoms with Crippen molar-refractivity contribution in [3.05, 3.63) is 0 Å². The Kier molecular flexibility index (Phi) is 2.97. The van der Waals surface area contributed by atoms with Gasteiger partial charge in [0, 0.05) is 0 Å². The summed E-state index contributed by atoms with van der Waals surface area (Å²) in [4.78, 5) is 34.3. The second-order valence-corrected chi connectivity index (χ2v) is 4.23. The minimum atomic E-state index is -0.615. The standard InChI is InChI=1S/C9H14N2O4/c1-9(2,3)15-7(13)5-11-6(12)4-10-8(11)14/h4-5H2,1-3H3,(H,10,14). The molecule has 1 heterocycles. The SMILES string of the molecule is CC(C)(C)OC(=O)CN1C(=O)CNC1=O. The van der Waals surface area contributed by atoms with Gasteiger partial charge >= 0.3 is 12.0 Å². The van der Waals surface area contributed by atoms with Crippen molar-refractivity contribution in [1.82, 2.24) is 10.2 Å². The first-order chi connectivity index (χ1) is 6.79. The van der Waals surface area contributed by atoms with E-state index in [0.29, 0.717) is 0 Å². The number of imide groups is 1. The van der Waals surface area contributed by atoms with E-state index in [4.69, 9.17) is 4.74 Å². The van der Waals surface area contributed by atoms with Gasteiger partial charge in [-0.05, 0) is 20.8 Å². The van der Waals surface area contributed by atoms with Crippen LogP contribution in [0.15, 0.2) is 0 Å². The van der Waals surface area contributed by atoms with Gasteiger partial charge in [-0.15, -0.1) is 0 Å². The number of urea groups is 1. The highest BCUT2D eigenvalue weighted by atomic mass is 16.6. The molecule has 0 aromatic heterocycles. The Morgan fingerprint density at radius 3 is 2.47 bits per heavy atom. The van der Waals surface area contributed by atoms with Gasteiger partial charge in [0.25, 0.3) is 5.91 Å². The smallest absolute Gasteiger partial charge is 0.326 e. The van der Waals surface area contributed by atoms with Gasteiger partial charge in [0.1, 0.15) is 12.1 Å². The lowest BCUT2D eigenvalue weighted by molar-refractivity contribution is -0.156. The van der Waals surface area contributed by atoms with Crippen LogP contribution >= 0.6 is 0 Å². The van der Waals surface area contributed by atoms with Gasteiger partial charge < -0.3 is 10.1 Å². The van der Waals surface area contributed by atoms with E-state index in [-0.39, 0.29) is 13.1 Å². The highest BCUT2D eigenvalue weighted by Gasteiger charge is 2.31. The summed E-state index contributed by atoms with van der Waals surface area (Å²) in [5, 5.41) is 2.32. The van der Waals surface area contributed by atoms with E-state index in [2.05, 4.69) is 5.32 Å². The van der Waals surface area contributed by atoms with Crippen molar-refractivity contribution in [2.75, 3.05) is 13.1 Å². The van der Waals surface area contributed by atoms with E-state index in [0.717, 1.165) is 4.90 Å². The molecule has 0 aromatic rings. The van der Waals surface area contributed by atoms with Gasteiger partial charge in [-0.1, -0.05) is 0 Å². The Hall–Kier alpha value is -1.59. The first-order valence-electron chi connectivity index (χ1n) is 4.59. The summed E-state index contributed by atoms with van der Waals surface area (Å²) in [7, 11) is 0. The molecule has 3 amide bonds. The van der Waals surface area contributed by atoms with Gasteiger partial charge in [-0.2, -0.15) is 0 Å². The molecule has 15 heavy (non-hydrogen) atoms. The van der Waals surface area contributed by atoms with Crippen LogP contribution in [0.25, 0.3) is 0 Å². The molecule has 0 atom stereocenters. The molecule has 0 bridgehead atoms. The molecule has 0 radical (unpaired) electrons. The molecule has 0 aliphatic carbocycles. The number of ether oxygens (including phenoxy) is 1. The first kappa shape index (κ1) is 11.5.